The summed E-state index contributed by atoms with van der Waals surface area (Å²) in [4.78, 5) is 3.96. The van der Waals surface area contributed by atoms with Crippen molar-refractivity contribution in [2.24, 2.45) is 0 Å². The summed E-state index contributed by atoms with van der Waals surface area (Å²) in [6.07, 6.45) is -2.94. The Bertz CT molecular complexity index is 702. The molecule has 0 N–H and O–H groups in total. The van der Waals surface area contributed by atoms with Gasteiger partial charge in [-0.15, -0.1) is 0 Å². The molecule has 1 aromatic heterocycles. The van der Waals surface area contributed by atoms with E-state index in [9.17, 15) is 13.2 Å². The molecule has 2 aromatic rings. The predicted octanol–water partition coefficient (Wildman–Crippen LogP) is 2.65. The SMILES string of the molecule is FC(F)(F)c1cccnc1[SH]1C=c2ccccc2=C1. The lowest BCUT2D eigenvalue weighted by atomic mass is 10.3. The molecular weight excluding hydrogens is 271 g/mol. The van der Waals surface area contributed by atoms with Gasteiger partial charge >= 0.3 is 6.18 Å². The lowest BCUT2D eigenvalue weighted by Crippen LogP contribution is -2.19. The van der Waals surface area contributed by atoms with Crippen LogP contribution < -0.4 is 10.4 Å². The van der Waals surface area contributed by atoms with Crippen molar-refractivity contribution in [1.82, 2.24) is 4.98 Å². The number of halogens is 3. The van der Waals surface area contributed by atoms with Gasteiger partial charge in [0, 0.05) is 6.20 Å². The van der Waals surface area contributed by atoms with Gasteiger partial charge in [-0.1, -0.05) is 24.3 Å². The fourth-order valence-corrected chi connectivity index (χ4v) is 4.10. The van der Waals surface area contributed by atoms with Crippen molar-refractivity contribution in [2.45, 2.75) is 11.2 Å². The third-order valence-corrected chi connectivity index (χ3v) is 4.85. The fourth-order valence-electron chi connectivity index (χ4n) is 2.03. The van der Waals surface area contributed by atoms with Crippen molar-refractivity contribution in [3.8, 4) is 0 Å². The third-order valence-electron chi connectivity index (χ3n) is 2.89. The number of aromatic nitrogens is 1. The maximum absolute atomic E-state index is 13.0. The number of benzene rings is 1. The Morgan fingerprint density at radius 1 is 0.895 bits per heavy atom. The second-order valence-corrected chi connectivity index (χ2v) is 5.92. The summed E-state index contributed by atoms with van der Waals surface area (Å²) in [5.41, 5.74) is -0.638. The summed E-state index contributed by atoms with van der Waals surface area (Å²) in [5.74, 6) is 0. The molecule has 0 amide bonds. The van der Waals surface area contributed by atoms with Gasteiger partial charge in [-0.25, -0.2) is 0 Å². The zero-order chi connectivity index (χ0) is 13.5. The number of fused-ring (bicyclic) bond motifs is 1. The van der Waals surface area contributed by atoms with E-state index in [4.69, 9.17) is 0 Å². The molecule has 0 aliphatic carbocycles. The molecule has 1 aliphatic rings. The molecule has 1 aliphatic heterocycles. The van der Waals surface area contributed by atoms with E-state index in [0.717, 1.165) is 16.5 Å². The van der Waals surface area contributed by atoms with Crippen molar-refractivity contribution in [3.05, 3.63) is 58.6 Å². The van der Waals surface area contributed by atoms with Crippen LogP contribution in [-0.2, 0) is 6.18 Å². The number of rotatable bonds is 1. The van der Waals surface area contributed by atoms with E-state index in [1.54, 1.807) is 0 Å². The molecule has 5 heteroatoms. The van der Waals surface area contributed by atoms with Crippen LogP contribution in [0, 0.1) is 0 Å². The average molecular weight is 281 g/mol. The predicted molar refractivity (Wildman–Crippen MR) is 71.1 cm³/mol. The summed E-state index contributed by atoms with van der Waals surface area (Å²) in [7, 11) is -1.13. The molecule has 0 saturated heterocycles. The molecule has 0 spiro atoms. The summed E-state index contributed by atoms with van der Waals surface area (Å²) in [6, 6.07) is 9.99. The Hall–Kier alpha value is -1.75. The zero-order valence-electron chi connectivity index (χ0n) is 9.72. The zero-order valence-corrected chi connectivity index (χ0v) is 10.6. The fraction of sp³-hybridized carbons (Fsp3) is 0.0714. The maximum atomic E-state index is 13.0. The second-order valence-electron chi connectivity index (χ2n) is 4.17. The Labute approximate surface area is 110 Å². The first kappa shape index (κ1) is 12.3. The number of nitrogens with zero attached hydrogens (tertiary/aromatic N) is 1. The van der Waals surface area contributed by atoms with Gasteiger partial charge in [0.25, 0.3) is 0 Å². The molecule has 3 rings (SSSR count). The molecule has 2 heterocycles. The quantitative estimate of drug-likeness (QED) is 0.793. The minimum absolute atomic E-state index is 0.126. The van der Waals surface area contributed by atoms with Gasteiger partial charge in [0.2, 0.25) is 0 Å². The molecule has 0 unspecified atom stereocenters. The van der Waals surface area contributed by atoms with Gasteiger partial charge in [0.15, 0.2) is 0 Å². The van der Waals surface area contributed by atoms with Crippen LogP contribution in [0.25, 0.3) is 10.8 Å². The van der Waals surface area contributed by atoms with Crippen LogP contribution in [0.1, 0.15) is 5.56 Å². The highest BCUT2D eigenvalue weighted by Gasteiger charge is 2.35. The second kappa shape index (κ2) is 4.42. The first-order valence-corrected chi connectivity index (χ1v) is 7.13. The lowest BCUT2D eigenvalue weighted by molar-refractivity contribution is -0.140. The van der Waals surface area contributed by atoms with Crippen molar-refractivity contribution in [2.75, 3.05) is 0 Å². The highest BCUT2D eigenvalue weighted by molar-refractivity contribution is 8.30. The summed E-state index contributed by atoms with van der Waals surface area (Å²) in [5, 5.41) is 5.84. The lowest BCUT2D eigenvalue weighted by Gasteiger charge is -2.16. The van der Waals surface area contributed by atoms with Crippen LogP contribution in [0.3, 0.4) is 0 Å². The van der Waals surface area contributed by atoms with E-state index >= 15 is 0 Å². The molecule has 0 saturated carbocycles. The van der Waals surface area contributed by atoms with Crippen molar-refractivity contribution >= 4 is 21.7 Å². The van der Waals surface area contributed by atoms with Crippen molar-refractivity contribution < 1.29 is 13.2 Å². The van der Waals surface area contributed by atoms with Crippen LogP contribution in [-0.4, -0.2) is 4.98 Å². The molecule has 19 heavy (non-hydrogen) atoms. The van der Waals surface area contributed by atoms with Gasteiger partial charge in [-0.3, -0.25) is 4.98 Å². The van der Waals surface area contributed by atoms with Crippen molar-refractivity contribution in [3.63, 3.8) is 0 Å². The van der Waals surface area contributed by atoms with E-state index in [2.05, 4.69) is 4.98 Å². The molecule has 0 atom stereocenters. The summed E-state index contributed by atoms with van der Waals surface area (Å²) < 4.78 is 38.9. The third kappa shape index (κ3) is 2.26. The Balaban J connectivity index is 2.14. The van der Waals surface area contributed by atoms with E-state index in [1.165, 1.54) is 12.3 Å². The largest absolute Gasteiger partial charge is 0.418 e. The highest BCUT2D eigenvalue weighted by Crippen LogP contribution is 2.45. The average Bonchev–Trinajstić information content (AvgIpc) is 2.81. The normalized spacial score (nSPS) is 15.6. The number of alkyl halides is 3. The van der Waals surface area contributed by atoms with Crippen LogP contribution in [0.15, 0.2) is 47.6 Å². The van der Waals surface area contributed by atoms with E-state index < -0.39 is 22.6 Å². The first-order chi connectivity index (χ1) is 9.05. The number of pyridine rings is 1. The molecule has 1 aromatic carbocycles. The maximum Gasteiger partial charge on any atom is 0.418 e. The minimum atomic E-state index is -4.36. The van der Waals surface area contributed by atoms with Gasteiger partial charge in [0.05, 0.1) is 10.6 Å². The van der Waals surface area contributed by atoms with Crippen LogP contribution >= 0.6 is 10.9 Å². The van der Waals surface area contributed by atoms with Crippen LogP contribution in [0.2, 0.25) is 0 Å². The summed E-state index contributed by atoms with van der Waals surface area (Å²) in [6.45, 7) is 0. The Morgan fingerprint density at radius 3 is 2.11 bits per heavy atom. The molecule has 1 nitrogen and oxygen atoms in total. The van der Waals surface area contributed by atoms with Gasteiger partial charge in [-0.05, 0) is 33.4 Å². The number of hydrogen-bond acceptors (Lipinski definition) is 1. The van der Waals surface area contributed by atoms with Crippen molar-refractivity contribution in [1.29, 1.82) is 0 Å². The Morgan fingerprint density at radius 2 is 1.53 bits per heavy atom. The summed E-state index contributed by atoms with van der Waals surface area (Å²) >= 11 is 0. The smallest absolute Gasteiger partial charge is 0.250 e. The van der Waals surface area contributed by atoms with E-state index in [-0.39, 0.29) is 5.03 Å². The number of thiol groups is 1. The van der Waals surface area contributed by atoms with Crippen LogP contribution in [0.4, 0.5) is 13.2 Å². The topological polar surface area (TPSA) is 12.9 Å². The first-order valence-electron chi connectivity index (χ1n) is 5.65. The van der Waals surface area contributed by atoms with E-state index in [0.29, 0.717) is 0 Å². The van der Waals surface area contributed by atoms with Gasteiger partial charge < -0.3 is 0 Å². The highest BCUT2D eigenvalue weighted by atomic mass is 32.2. The molecule has 0 radical (unpaired) electrons. The molecule has 98 valence electrons. The monoisotopic (exact) mass is 281 g/mol. The standard InChI is InChI=1S/C14H10F3NS/c15-14(16,17)12-6-3-7-18-13(12)19-8-10-4-1-2-5-11(10)9-19/h1-9,19H. The van der Waals surface area contributed by atoms with Crippen LogP contribution in [0.5, 0.6) is 0 Å². The molecule has 0 bridgehead atoms. The van der Waals surface area contributed by atoms with Gasteiger partial charge in [-0.2, -0.15) is 24.1 Å². The number of hydrogen-bond donors (Lipinski definition) is 1. The minimum Gasteiger partial charge on any atom is -0.250 e. The Kier molecular flexibility index (Phi) is 2.86. The van der Waals surface area contributed by atoms with Gasteiger partial charge in [0.1, 0.15) is 0 Å². The molecule has 0 fully saturated rings. The van der Waals surface area contributed by atoms with E-state index in [1.807, 2.05) is 35.1 Å². The molecular formula is C14H10F3NS.